The van der Waals surface area contributed by atoms with Crippen molar-refractivity contribution in [2.45, 2.75) is 6.92 Å². The fraction of sp³-hybridized carbons (Fsp3) is 0.222. The van der Waals surface area contributed by atoms with Crippen LogP contribution in [0.3, 0.4) is 0 Å². The summed E-state index contributed by atoms with van der Waals surface area (Å²) in [6, 6.07) is 1.67. The molecule has 0 saturated heterocycles. The number of rotatable bonds is 2. The normalized spacial score (nSPS) is 10.4. The first-order valence-corrected chi connectivity index (χ1v) is 4.19. The topological polar surface area (TPSA) is 65.2 Å². The van der Waals surface area contributed by atoms with Crippen LogP contribution in [-0.4, -0.2) is 22.5 Å². The van der Waals surface area contributed by atoms with Crippen molar-refractivity contribution in [1.82, 2.24) is 9.97 Å². The molecule has 2 rings (SSSR count). The summed E-state index contributed by atoms with van der Waals surface area (Å²) in [5.74, 6) is -0.585. The maximum atomic E-state index is 11.2. The van der Waals surface area contributed by atoms with Crippen molar-refractivity contribution in [2.24, 2.45) is 0 Å². The highest BCUT2D eigenvalue weighted by Crippen LogP contribution is 2.13. The van der Waals surface area contributed by atoms with E-state index in [2.05, 4.69) is 9.97 Å². The van der Waals surface area contributed by atoms with Gasteiger partial charge < -0.3 is 9.15 Å². The van der Waals surface area contributed by atoms with Crippen molar-refractivity contribution >= 4 is 17.1 Å². The zero-order valence-corrected chi connectivity index (χ0v) is 7.56. The Morgan fingerprint density at radius 2 is 2.50 bits per heavy atom. The molecule has 14 heavy (non-hydrogen) atoms. The van der Waals surface area contributed by atoms with Gasteiger partial charge in [0.1, 0.15) is 5.52 Å². The summed E-state index contributed by atoms with van der Waals surface area (Å²) in [5.41, 5.74) is 1.08. The fourth-order valence-electron chi connectivity index (χ4n) is 1.06. The Morgan fingerprint density at radius 1 is 1.64 bits per heavy atom. The first-order chi connectivity index (χ1) is 6.81. The number of aromatic nitrogens is 2. The predicted molar refractivity (Wildman–Crippen MR) is 47.8 cm³/mol. The molecule has 0 fully saturated rings. The Balaban J connectivity index is 2.40. The van der Waals surface area contributed by atoms with Gasteiger partial charge in [0.2, 0.25) is 0 Å². The molecule has 5 nitrogen and oxygen atoms in total. The third-order valence-electron chi connectivity index (χ3n) is 1.64. The van der Waals surface area contributed by atoms with Gasteiger partial charge >= 0.3 is 11.9 Å². The first-order valence-electron chi connectivity index (χ1n) is 4.19. The van der Waals surface area contributed by atoms with E-state index in [9.17, 15) is 4.79 Å². The minimum atomic E-state index is -0.552. The summed E-state index contributed by atoms with van der Waals surface area (Å²) in [7, 11) is 0. The lowest BCUT2D eigenvalue weighted by molar-refractivity contribution is 0.0483. The number of fused-ring (bicyclic) bond motifs is 1. The highest BCUT2D eigenvalue weighted by atomic mass is 16.5. The van der Waals surface area contributed by atoms with E-state index in [0.717, 1.165) is 0 Å². The van der Waals surface area contributed by atoms with Gasteiger partial charge in [-0.2, -0.15) is 0 Å². The monoisotopic (exact) mass is 192 g/mol. The molecule has 0 atom stereocenters. The lowest BCUT2D eigenvalue weighted by Gasteiger charge is -1.93. The number of hydrogen-bond donors (Lipinski definition) is 0. The SMILES string of the molecule is CCOC(=O)c1nc2ccncc2o1. The van der Waals surface area contributed by atoms with E-state index in [1.54, 1.807) is 19.2 Å². The van der Waals surface area contributed by atoms with Gasteiger partial charge in [-0.1, -0.05) is 0 Å². The summed E-state index contributed by atoms with van der Waals surface area (Å²) in [4.78, 5) is 19.0. The molecule has 72 valence electrons. The molecule has 0 unspecified atom stereocenters. The first kappa shape index (κ1) is 8.68. The lowest BCUT2D eigenvalue weighted by atomic mass is 10.4. The second-order valence-corrected chi connectivity index (χ2v) is 2.58. The van der Waals surface area contributed by atoms with Crippen LogP contribution >= 0.6 is 0 Å². The summed E-state index contributed by atoms with van der Waals surface area (Å²) < 4.78 is 9.88. The average Bonchev–Trinajstić information content (AvgIpc) is 2.61. The molecule has 0 aliphatic rings. The van der Waals surface area contributed by atoms with E-state index in [1.807, 2.05) is 0 Å². The fourth-order valence-corrected chi connectivity index (χ4v) is 1.06. The van der Waals surface area contributed by atoms with E-state index in [0.29, 0.717) is 17.7 Å². The predicted octanol–water partition coefficient (Wildman–Crippen LogP) is 1.40. The number of ether oxygens (including phenoxy) is 1. The van der Waals surface area contributed by atoms with E-state index in [-0.39, 0.29) is 5.89 Å². The maximum Gasteiger partial charge on any atom is 0.394 e. The molecule has 0 aromatic carbocycles. The van der Waals surface area contributed by atoms with Crippen molar-refractivity contribution in [2.75, 3.05) is 6.61 Å². The number of hydrogen-bond acceptors (Lipinski definition) is 5. The standard InChI is InChI=1S/C9H8N2O3/c1-2-13-9(12)8-11-6-3-4-10-5-7(6)14-8/h3-5H,2H2,1H3. The third-order valence-corrected chi connectivity index (χ3v) is 1.64. The largest absolute Gasteiger partial charge is 0.459 e. The molecule has 2 aromatic rings. The van der Waals surface area contributed by atoms with Gasteiger partial charge in [-0.25, -0.2) is 9.78 Å². The van der Waals surface area contributed by atoms with Crippen LogP contribution in [0.1, 0.15) is 17.6 Å². The Labute approximate surface area is 79.7 Å². The Bertz CT molecular complexity index is 431. The number of nitrogens with zero attached hydrogens (tertiary/aromatic N) is 2. The van der Waals surface area contributed by atoms with Crippen molar-refractivity contribution in [3.63, 3.8) is 0 Å². The van der Waals surface area contributed by atoms with Crippen molar-refractivity contribution in [1.29, 1.82) is 0 Å². The smallest absolute Gasteiger partial charge is 0.394 e. The Hall–Kier alpha value is -1.91. The van der Waals surface area contributed by atoms with Crippen LogP contribution in [0.15, 0.2) is 22.9 Å². The van der Waals surface area contributed by atoms with E-state index >= 15 is 0 Å². The van der Waals surface area contributed by atoms with Crippen molar-refractivity contribution in [3.8, 4) is 0 Å². The molecule has 0 bridgehead atoms. The summed E-state index contributed by atoms with van der Waals surface area (Å²) in [6.45, 7) is 2.03. The highest BCUT2D eigenvalue weighted by molar-refractivity contribution is 5.87. The lowest BCUT2D eigenvalue weighted by Crippen LogP contribution is -2.04. The Kier molecular flexibility index (Phi) is 2.14. The molecule has 5 heteroatoms. The van der Waals surface area contributed by atoms with Crippen molar-refractivity contribution < 1.29 is 13.9 Å². The molecular weight excluding hydrogens is 184 g/mol. The highest BCUT2D eigenvalue weighted by Gasteiger charge is 2.14. The van der Waals surface area contributed by atoms with Gasteiger partial charge in [-0.3, -0.25) is 4.98 Å². The zero-order valence-electron chi connectivity index (χ0n) is 7.56. The zero-order chi connectivity index (χ0) is 9.97. The molecule has 0 N–H and O–H groups in total. The molecule has 2 aromatic heterocycles. The van der Waals surface area contributed by atoms with Crippen LogP contribution in [0.2, 0.25) is 0 Å². The van der Waals surface area contributed by atoms with E-state index < -0.39 is 5.97 Å². The van der Waals surface area contributed by atoms with E-state index in [1.165, 1.54) is 6.20 Å². The number of oxazole rings is 1. The number of carbonyl (C=O) groups is 1. The average molecular weight is 192 g/mol. The summed E-state index contributed by atoms with van der Waals surface area (Å²) in [5, 5.41) is 0. The van der Waals surface area contributed by atoms with Crippen LogP contribution < -0.4 is 0 Å². The minimum Gasteiger partial charge on any atom is -0.459 e. The molecule has 2 heterocycles. The molecular formula is C9H8N2O3. The molecule has 0 saturated carbocycles. The quantitative estimate of drug-likeness (QED) is 0.673. The second-order valence-electron chi connectivity index (χ2n) is 2.58. The van der Waals surface area contributed by atoms with Gasteiger partial charge in [0.15, 0.2) is 5.58 Å². The number of esters is 1. The van der Waals surface area contributed by atoms with E-state index in [4.69, 9.17) is 9.15 Å². The van der Waals surface area contributed by atoms with Crippen molar-refractivity contribution in [3.05, 3.63) is 24.4 Å². The van der Waals surface area contributed by atoms with Gasteiger partial charge in [0, 0.05) is 6.20 Å². The number of pyridine rings is 1. The van der Waals surface area contributed by atoms with Crippen LogP contribution in [0.25, 0.3) is 11.1 Å². The van der Waals surface area contributed by atoms with Crippen LogP contribution in [0.5, 0.6) is 0 Å². The van der Waals surface area contributed by atoms with Crippen LogP contribution in [0.4, 0.5) is 0 Å². The van der Waals surface area contributed by atoms with Gasteiger partial charge in [-0.05, 0) is 13.0 Å². The Morgan fingerprint density at radius 3 is 3.21 bits per heavy atom. The number of carbonyl (C=O) groups excluding carboxylic acids is 1. The third kappa shape index (κ3) is 1.44. The molecule has 0 aliphatic heterocycles. The molecule has 0 spiro atoms. The minimum absolute atomic E-state index is 0.0325. The second kappa shape index (κ2) is 3.45. The van der Waals surface area contributed by atoms with Crippen LogP contribution in [0, 0.1) is 0 Å². The van der Waals surface area contributed by atoms with Gasteiger partial charge in [-0.15, -0.1) is 0 Å². The summed E-state index contributed by atoms with van der Waals surface area (Å²) >= 11 is 0. The molecule has 0 radical (unpaired) electrons. The molecule has 0 amide bonds. The van der Waals surface area contributed by atoms with Gasteiger partial charge in [0.25, 0.3) is 0 Å². The molecule has 0 aliphatic carbocycles. The van der Waals surface area contributed by atoms with Gasteiger partial charge in [0.05, 0.1) is 12.8 Å². The maximum absolute atomic E-state index is 11.2. The van der Waals surface area contributed by atoms with Crippen LogP contribution in [-0.2, 0) is 4.74 Å². The summed E-state index contributed by atoms with van der Waals surface area (Å²) in [6.07, 6.45) is 3.09.